The van der Waals surface area contributed by atoms with Gasteiger partial charge in [0, 0.05) is 24.2 Å². The van der Waals surface area contributed by atoms with Gasteiger partial charge in [0.15, 0.2) is 0 Å². The Hall–Kier alpha value is -2.07. The lowest BCUT2D eigenvalue weighted by molar-refractivity contribution is -0.128. The van der Waals surface area contributed by atoms with Crippen LogP contribution in [0.4, 0.5) is 5.69 Å². The molecule has 4 nitrogen and oxygen atoms in total. The summed E-state index contributed by atoms with van der Waals surface area (Å²) in [4.78, 5) is 14.1. The Balaban J connectivity index is 2.38. The van der Waals surface area contributed by atoms with E-state index in [0.29, 0.717) is 6.54 Å². The Bertz CT molecular complexity index is 631. The molecule has 0 aliphatic heterocycles. The van der Waals surface area contributed by atoms with Gasteiger partial charge >= 0.3 is 0 Å². The maximum absolute atomic E-state index is 11.9. The van der Waals surface area contributed by atoms with Crippen LogP contribution in [0.2, 0.25) is 0 Å². The lowest BCUT2D eigenvalue weighted by Gasteiger charge is -2.32. The van der Waals surface area contributed by atoms with E-state index < -0.39 is 5.41 Å². The zero-order valence-corrected chi connectivity index (χ0v) is 12.9. The van der Waals surface area contributed by atoms with E-state index in [2.05, 4.69) is 47.6 Å². The molecule has 4 heteroatoms. The van der Waals surface area contributed by atoms with Crippen LogP contribution in [-0.4, -0.2) is 19.0 Å². The lowest BCUT2D eigenvalue weighted by atomic mass is 9.91. The Morgan fingerprint density at radius 3 is 2.52 bits per heavy atom. The van der Waals surface area contributed by atoms with Gasteiger partial charge in [0.25, 0.3) is 0 Å². The number of hydrogen-bond donors (Lipinski definition) is 2. The average Bonchev–Trinajstić information content (AvgIpc) is 2.51. The molecule has 0 radical (unpaired) electrons. The second-order valence-electron chi connectivity index (χ2n) is 5.87. The van der Waals surface area contributed by atoms with Crippen LogP contribution in [0, 0.1) is 5.41 Å². The number of fused-ring (bicyclic) bond motifs is 1. The summed E-state index contributed by atoms with van der Waals surface area (Å²) in [6, 6.07) is 14.5. The number of benzene rings is 2. The largest absolute Gasteiger partial charge is 0.370 e. The molecule has 0 saturated heterocycles. The Labute approximate surface area is 125 Å². The van der Waals surface area contributed by atoms with E-state index in [1.54, 1.807) is 0 Å². The molecule has 0 aliphatic rings. The average molecular weight is 285 g/mol. The third-order valence-electron chi connectivity index (χ3n) is 3.82. The monoisotopic (exact) mass is 285 g/mol. The number of carbonyl (C=O) groups excluding carboxylic acids is 1. The van der Waals surface area contributed by atoms with Crippen molar-refractivity contribution in [1.29, 1.82) is 0 Å². The fourth-order valence-corrected chi connectivity index (χ4v) is 2.60. The smallest absolute Gasteiger partial charge is 0.241 e. The number of nitrogens with zero attached hydrogens (tertiary/aromatic N) is 1. The minimum Gasteiger partial charge on any atom is -0.370 e. The first-order chi connectivity index (χ1) is 9.99. The van der Waals surface area contributed by atoms with Crippen molar-refractivity contribution in [1.82, 2.24) is 5.43 Å². The molecule has 0 heterocycles. The van der Waals surface area contributed by atoms with E-state index in [1.807, 2.05) is 26.0 Å². The molecule has 2 aromatic rings. The predicted molar refractivity (Wildman–Crippen MR) is 87.9 cm³/mol. The third kappa shape index (κ3) is 3.16. The molecule has 0 unspecified atom stereocenters. The number of amides is 1. The molecule has 0 spiro atoms. The van der Waals surface area contributed by atoms with E-state index in [0.717, 1.165) is 12.2 Å². The van der Waals surface area contributed by atoms with Crippen LogP contribution < -0.4 is 16.2 Å². The van der Waals surface area contributed by atoms with E-state index in [1.165, 1.54) is 10.8 Å². The van der Waals surface area contributed by atoms with E-state index in [9.17, 15) is 4.79 Å². The normalized spacial score (nSPS) is 11.4. The summed E-state index contributed by atoms with van der Waals surface area (Å²) in [6.07, 6.45) is 0. The third-order valence-corrected chi connectivity index (χ3v) is 3.82. The molecular formula is C17H23N3O. The van der Waals surface area contributed by atoms with Gasteiger partial charge in [-0.15, -0.1) is 0 Å². The van der Waals surface area contributed by atoms with Crippen LogP contribution in [-0.2, 0) is 4.79 Å². The first-order valence-corrected chi connectivity index (χ1v) is 7.23. The summed E-state index contributed by atoms with van der Waals surface area (Å²) in [6.45, 7) is 7.35. The van der Waals surface area contributed by atoms with Gasteiger partial charge in [-0.1, -0.05) is 36.4 Å². The van der Waals surface area contributed by atoms with Crippen LogP contribution in [0.15, 0.2) is 42.5 Å². The summed E-state index contributed by atoms with van der Waals surface area (Å²) >= 11 is 0. The standard InChI is InChI=1S/C17H23N3O/c1-4-20(12-17(2,3)16(21)19-18)15-11-7-9-13-8-5-6-10-14(13)15/h5-11H,4,12,18H2,1-3H3,(H,19,21). The Morgan fingerprint density at radius 2 is 1.86 bits per heavy atom. The van der Waals surface area contributed by atoms with Crippen LogP contribution in [0.1, 0.15) is 20.8 Å². The quantitative estimate of drug-likeness (QED) is 0.504. The first kappa shape index (κ1) is 15.3. The van der Waals surface area contributed by atoms with Gasteiger partial charge in [0.1, 0.15) is 0 Å². The minimum atomic E-state index is -0.554. The van der Waals surface area contributed by atoms with E-state index in [4.69, 9.17) is 5.84 Å². The molecule has 2 aromatic carbocycles. The summed E-state index contributed by atoms with van der Waals surface area (Å²) < 4.78 is 0. The van der Waals surface area contributed by atoms with Crippen molar-refractivity contribution in [3.8, 4) is 0 Å². The molecule has 3 N–H and O–H groups in total. The van der Waals surface area contributed by atoms with Crippen molar-refractivity contribution in [3.05, 3.63) is 42.5 Å². The molecule has 0 saturated carbocycles. The number of nitrogens with two attached hydrogens (primary N) is 1. The minimum absolute atomic E-state index is 0.152. The van der Waals surface area contributed by atoms with Gasteiger partial charge in [-0.2, -0.15) is 0 Å². The first-order valence-electron chi connectivity index (χ1n) is 7.23. The fraction of sp³-hybridized carbons (Fsp3) is 0.353. The van der Waals surface area contributed by atoms with Crippen molar-refractivity contribution < 1.29 is 4.79 Å². The Kier molecular flexibility index (Phi) is 4.48. The predicted octanol–water partition coefficient (Wildman–Crippen LogP) is 2.68. The molecule has 0 aliphatic carbocycles. The number of carbonyl (C=O) groups is 1. The van der Waals surface area contributed by atoms with Crippen LogP contribution >= 0.6 is 0 Å². The molecular weight excluding hydrogens is 262 g/mol. The van der Waals surface area contributed by atoms with Crippen molar-refractivity contribution >= 4 is 22.4 Å². The molecule has 0 atom stereocenters. The van der Waals surface area contributed by atoms with Crippen LogP contribution in [0.3, 0.4) is 0 Å². The molecule has 0 bridgehead atoms. The summed E-state index contributed by atoms with van der Waals surface area (Å²) in [5.74, 6) is 5.13. The molecule has 21 heavy (non-hydrogen) atoms. The highest BCUT2D eigenvalue weighted by Gasteiger charge is 2.29. The highest BCUT2D eigenvalue weighted by Crippen LogP contribution is 2.29. The van der Waals surface area contributed by atoms with Crippen molar-refractivity contribution in [2.45, 2.75) is 20.8 Å². The van der Waals surface area contributed by atoms with Gasteiger partial charge < -0.3 is 4.90 Å². The van der Waals surface area contributed by atoms with Gasteiger partial charge in [-0.3, -0.25) is 10.2 Å². The zero-order chi connectivity index (χ0) is 15.5. The van der Waals surface area contributed by atoms with Crippen LogP contribution in [0.5, 0.6) is 0 Å². The second-order valence-corrected chi connectivity index (χ2v) is 5.87. The van der Waals surface area contributed by atoms with Gasteiger partial charge in [0.05, 0.1) is 5.41 Å². The highest BCUT2D eigenvalue weighted by molar-refractivity contribution is 5.94. The molecule has 2 rings (SSSR count). The zero-order valence-electron chi connectivity index (χ0n) is 12.9. The molecule has 112 valence electrons. The van der Waals surface area contributed by atoms with Crippen LogP contribution in [0.25, 0.3) is 10.8 Å². The molecule has 0 aromatic heterocycles. The van der Waals surface area contributed by atoms with Gasteiger partial charge in [-0.25, -0.2) is 5.84 Å². The maximum atomic E-state index is 11.9. The number of anilines is 1. The fourth-order valence-electron chi connectivity index (χ4n) is 2.60. The topological polar surface area (TPSA) is 58.4 Å². The van der Waals surface area contributed by atoms with Gasteiger partial charge in [0.2, 0.25) is 5.91 Å². The Morgan fingerprint density at radius 1 is 1.19 bits per heavy atom. The number of hydrazine groups is 1. The molecule has 0 fully saturated rings. The maximum Gasteiger partial charge on any atom is 0.241 e. The van der Waals surface area contributed by atoms with Crippen molar-refractivity contribution in [3.63, 3.8) is 0 Å². The van der Waals surface area contributed by atoms with Crippen molar-refractivity contribution in [2.75, 3.05) is 18.0 Å². The lowest BCUT2D eigenvalue weighted by Crippen LogP contribution is -2.47. The SMILES string of the molecule is CCN(CC(C)(C)C(=O)NN)c1cccc2ccccc12. The second kappa shape index (κ2) is 6.14. The number of nitrogens with one attached hydrogen (secondary N) is 1. The van der Waals surface area contributed by atoms with Crippen molar-refractivity contribution in [2.24, 2.45) is 11.3 Å². The molecule has 1 amide bonds. The summed E-state index contributed by atoms with van der Waals surface area (Å²) in [5, 5.41) is 2.40. The number of hydrogen-bond acceptors (Lipinski definition) is 3. The summed E-state index contributed by atoms with van der Waals surface area (Å²) in [5.41, 5.74) is 2.85. The highest BCUT2D eigenvalue weighted by atomic mass is 16.2. The summed E-state index contributed by atoms with van der Waals surface area (Å²) in [7, 11) is 0. The van der Waals surface area contributed by atoms with E-state index >= 15 is 0 Å². The van der Waals surface area contributed by atoms with Gasteiger partial charge in [-0.05, 0) is 32.2 Å². The number of rotatable bonds is 5. The van der Waals surface area contributed by atoms with E-state index in [-0.39, 0.29) is 5.91 Å².